The molecule has 1 aliphatic carbocycles. The summed E-state index contributed by atoms with van der Waals surface area (Å²) >= 11 is 0. The molecule has 20 heavy (non-hydrogen) atoms. The third-order valence-electron chi connectivity index (χ3n) is 3.89. The fourth-order valence-electron chi connectivity index (χ4n) is 2.76. The predicted molar refractivity (Wildman–Crippen MR) is 70.3 cm³/mol. The Hall–Kier alpha value is -1.92. The third-order valence-corrected chi connectivity index (χ3v) is 3.89. The Bertz CT molecular complexity index is 561. The summed E-state index contributed by atoms with van der Waals surface area (Å²) in [6.45, 7) is 3.81. The lowest BCUT2D eigenvalue weighted by Gasteiger charge is -2.42. The Morgan fingerprint density at radius 2 is 2.10 bits per heavy atom. The van der Waals surface area contributed by atoms with Gasteiger partial charge in [-0.05, 0) is 32.6 Å². The van der Waals surface area contributed by atoms with Gasteiger partial charge in [0.1, 0.15) is 17.3 Å². The van der Waals surface area contributed by atoms with Crippen molar-refractivity contribution in [1.82, 2.24) is 25.2 Å². The van der Waals surface area contributed by atoms with Gasteiger partial charge in [0.2, 0.25) is 11.8 Å². The maximum Gasteiger partial charge on any atom is 0.248 e. The third kappa shape index (κ3) is 2.17. The van der Waals surface area contributed by atoms with Crippen molar-refractivity contribution in [2.75, 3.05) is 0 Å². The Labute approximate surface area is 117 Å². The minimum absolute atomic E-state index is 0.0546. The number of carbonyl (C=O) groups is 2. The molecule has 2 heterocycles. The standard InChI is InChI=1S/C13H19N5O2/c1-13(2)12(20)18(7-9-6-17(3)16-15-9)10(8-4-5-8)11(19)14-13/h6,8,10H,4-5,7H2,1-3H3,(H,14,19). The van der Waals surface area contributed by atoms with Crippen molar-refractivity contribution >= 4 is 11.8 Å². The lowest BCUT2D eigenvalue weighted by atomic mass is 9.94. The second kappa shape index (κ2) is 4.29. The van der Waals surface area contributed by atoms with Crippen LogP contribution in [0.2, 0.25) is 0 Å². The SMILES string of the molecule is Cn1cc(CN2C(=O)C(C)(C)NC(=O)C2C2CC2)nn1. The zero-order valence-electron chi connectivity index (χ0n) is 12.0. The van der Waals surface area contributed by atoms with Crippen molar-refractivity contribution in [1.29, 1.82) is 0 Å². The van der Waals surface area contributed by atoms with Crippen LogP contribution in [0.1, 0.15) is 32.4 Å². The Kier molecular flexibility index (Phi) is 2.81. The summed E-state index contributed by atoms with van der Waals surface area (Å²) in [7, 11) is 1.78. The summed E-state index contributed by atoms with van der Waals surface area (Å²) in [4.78, 5) is 26.6. The Morgan fingerprint density at radius 3 is 2.65 bits per heavy atom. The highest BCUT2D eigenvalue weighted by atomic mass is 16.2. The number of aryl methyl sites for hydroxylation is 1. The quantitative estimate of drug-likeness (QED) is 0.832. The number of rotatable bonds is 3. The molecule has 1 saturated heterocycles. The normalized spacial score (nSPS) is 25.8. The minimum atomic E-state index is -0.856. The summed E-state index contributed by atoms with van der Waals surface area (Å²) in [6, 6.07) is -0.363. The highest BCUT2D eigenvalue weighted by Crippen LogP contribution is 2.38. The number of hydrogen-bond acceptors (Lipinski definition) is 4. The van der Waals surface area contributed by atoms with Crippen molar-refractivity contribution in [3.05, 3.63) is 11.9 Å². The van der Waals surface area contributed by atoms with Crippen molar-refractivity contribution in [3.8, 4) is 0 Å². The van der Waals surface area contributed by atoms with Crippen LogP contribution in [0, 0.1) is 5.92 Å². The van der Waals surface area contributed by atoms with Crippen LogP contribution in [0.15, 0.2) is 6.20 Å². The molecule has 1 aliphatic heterocycles. The number of nitrogens with one attached hydrogen (secondary N) is 1. The maximum absolute atomic E-state index is 12.6. The van der Waals surface area contributed by atoms with Crippen LogP contribution < -0.4 is 5.32 Å². The van der Waals surface area contributed by atoms with Gasteiger partial charge in [-0.25, -0.2) is 0 Å². The summed E-state index contributed by atoms with van der Waals surface area (Å²) in [5, 5.41) is 10.7. The average molecular weight is 277 g/mol. The maximum atomic E-state index is 12.6. The molecule has 1 aromatic heterocycles. The molecule has 0 aromatic carbocycles. The molecular weight excluding hydrogens is 258 g/mol. The fraction of sp³-hybridized carbons (Fsp3) is 0.692. The number of hydrogen-bond donors (Lipinski definition) is 1. The van der Waals surface area contributed by atoms with E-state index in [0.717, 1.165) is 12.8 Å². The van der Waals surface area contributed by atoms with Gasteiger partial charge >= 0.3 is 0 Å². The molecule has 0 spiro atoms. The van der Waals surface area contributed by atoms with E-state index >= 15 is 0 Å². The lowest BCUT2D eigenvalue weighted by molar-refractivity contribution is -0.155. The Morgan fingerprint density at radius 1 is 1.40 bits per heavy atom. The first-order chi connectivity index (χ1) is 9.38. The number of carbonyl (C=O) groups excluding carboxylic acids is 2. The molecular formula is C13H19N5O2. The van der Waals surface area contributed by atoms with Gasteiger partial charge in [0.25, 0.3) is 0 Å². The summed E-state index contributed by atoms with van der Waals surface area (Å²) < 4.78 is 1.60. The van der Waals surface area contributed by atoms with Crippen molar-refractivity contribution in [3.63, 3.8) is 0 Å². The minimum Gasteiger partial charge on any atom is -0.340 e. The molecule has 1 N–H and O–H groups in total. The van der Waals surface area contributed by atoms with Crippen LogP contribution in [0.3, 0.4) is 0 Å². The van der Waals surface area contributed by atoms with Gasteiger partial charge in [0.05, 0.1) is 6.54 Å². The molecule has 0 bridgehead atoms. The van der Waals surface area contributed by atoms with E-state index in [1.165, 1.54) is 0 Å². The number of piperazine rings is 1. The zero-order chi connectivity index (χ0) is 14.5. The molecule has 1 unspecified atom stereocenters. The zero-order valence-corrected chi connectivity index (χ0v) is 12.0. The molecule has 2 fully saturated rings. The van der Waals surface area contributed by atoms with Crippen LogP contribution in [-0.2, 0) is 23.2 Å². The average Bonchev–Trinajstić information content (AvgIpc) is 3.09. The first kappa shape index (κ1) is 13.1. The highest BCUT2D eigenvalue weighted by molar-refractivity contribution is 5.99. The molecule has 2 amide bonds. The first-order valence-electron chi connectivity index (χ1n) is 6.87. The molecule has 0 radical (unpaired) electrons. The van der Waals surface area contributed by atoms with E-state index in [1.54, 1.807) is 36.7 Å². The largest absolute Gasteiger partial charge is 0.340 e. The van der Waals surface area contributed by atoms with Crippen LogP contribution in [0.5, 0.6) is 0 Å². The number of aromatic nitrogens is 3. The smallest absolute Gasteiger partial charge is 0.248 e. The van der Waals surface area contributed by atoms with Gasteiger partial charge in [-0.1, -0.05) is 5.21 Å². The molecule has 7 nitrogen and oxygen atoms in total. The molecule has 1 atom stereocenters. The lowest BCUT2D eigenvalue weighted by Crippen LogP contribution is -2.68. The van der Waals surface area contributed by atoms with E-state index < -0.39 is 5.54 Å². The highest BCUT2D eigenvalue weighted by Gasteiger charge is 2.50. The first-order valence-corrected chi connectivity index (χ1v) is 6.87. The molecule has 108 valence electrons. The van der Waals surface area contributed by atoms with E-state index in [0.29, 0.717) is 12.2 Å². The van der Waals surface area contributed by atoms with Gasteiger partial charge in [0, 0.05) is 13.2 Å². The van der Waals surface area contributed by atoms with Crippen molar-refractivity contribution in [2.24, 2.45) is 13.0 Å². The van der Waals surface area contributed by atoms with Gasteiger partial charge in [-0.15, -0.1) is 5.10 Å². The van der Waals surface area contributed by atoms with E-state index in [2.05, 4.69) is 15.6 Å². The van der Waals surface area contributed by atoms with E-state index in [9.17, 15) is 9.59 Å². The second-order valence-corrected chi connectivity index (χ2v) is 6.21. The topological polar surface area (TPSA) is 80.1 Å². The molecule has 2 aliphatic rings. The van der Waals surface area contributed by atoms with E-state index in [1.807, 2.05) is 0 Å². The second-order valence-electron chi connectivity index (χ2n) is 6.21. The summed E-state index contributed by atoms with van der Waals surface area (Å²) in [5.74, 6) is 0.173. The van der Waals surface area contributed by atoms with Crippen molar-refractivity contribution in [2.45, 2.75) is 44.8 Å². The van der Waals surface area contributed by atoms with Gasteiger partial charge in [0.15, 0.2) is 0 Å². The molecule has 1 aromatic rings. The Balaban J connectivity index is 1.89. The molecule has 3 rings (SSSR count). The predicted octanol–water partition coefficient (Wildman–Crippen LogP) is -0.169. The van der Waals surface area contributed by atoms with Crippen LogP contribution in [-0.4, -0.2) is 43.3 Å². The van der Waals surface area contributed by atoms with E-state index in [4.69, 9.17) is 0 Å². The van der Waals surface area contributed by atoms with Crippen LogP contribution in [0.25, 0.3) is 0 Å². The number of nitrogens with zero attached hydrogens (tertiary/aromatic N) is 4. The van der Waals surface area contributed by atoms with Crippen molar-refractivity contribution < 1.29 is 9.59 Å². The molecule has 7 heteroatoms. The number of amides is 2. The van der Waals surface area contributed by atoms with Crippen LogP contribution in [0.4, 0.5) is 0 Å². The fourth-order valence-corrected chi connectivity index (χ4v) is 2.76. The van der Waals surface area contributed by atoms with E-state index in [-0.39, 0.29) is 23.8 Å². The summed E-state index contributed by atoms with van der Waals surface area (Å²) in [5.41, 5.74) is -0.151. The van der Waals surface area contributed by atoms with Gasteiger partial charge < -0.3 is 10.2 Å². The van der Waals surface area contributed by atoms with Gasteiger partial charge in [-0.3, -0.25) is 14.3 Å². The van der Waals surface area contributed by atoms with Gasteiger partial charge in [-0.2, -0.15) is 0 Å². The summed E-state index contributed by atoms with van der Waals surface area (Å²) in [6.07, 6.45) is 3.78. The molecule has 1 saturated carbocycles. The van der Waals surface area contributed by atoms with Crippen LogP contribution >= 0.6 is 0 Å². The monoisotopic (exact) mass is 277 g/mol.